The molecule has 2 N–H and O–H groups in total. The second-order valence-corrected chi connectivity index (χ2v) is 6.38. The van der Waals surface area contributed by atoms with Gasteiger partial charge in [-0.05, 0) is 18.4 Å². The van der Waals surface area contributed by atoms with Gasteiger partial charge in [-0.2, -0.15) is 0 Å². The minimum Gasteiger partial charge on any atom is -0.445 e. The summed E-state index contributed by atoms with van der Waals surface area (Å²) < 4.78 is 15.8. The normalized spacial score (nSPS) is 16.2. The molecule has 128 valence electrons. The molecule has 1 aliphatic heterocycles. The van der Waals surface area contributed by atoms with Crippen molar-refractivity contribution in [3.8, 4) is 0 Å². The number of nitrogens with zero attached hydrogens (tertiary/aromatic N) is 1. The number of piperidine rings is 1. The highest BCUT2D eigenvalue weighted by molar-refractivity contribution is 7.95. The third kappa shape index (κ3) is 7.22. The highest BCUT2D eigenvalue weighted by Crippen LogP contribution is 2.16. The Balaban J connectivity index is 1.57. The zero-order valence-corrected chi connectivity index (χ0v) is 14.3. The van der Waals surface area contributed by atoms with E-state index in [1.807, 2.05) is 30.3 Å². The van der Waals surface area contributed by atoms with Crippen molar-refractivity contribution in [3.63, 3.8) is 0 Å². The molecule has 0 unspecified atom stereocenters. The van der Waals surface area contributed by atoms with Gasteiger partial charge >= 0.3 is 6.09 Å². The number of carbonyl (C=O) groups excluding carboxylic acids is 1. The average Bonchev–Trinajstić information content (AvgIpc) is 2.59. The van der Waals surface area contributed by atoms with Gasteiger partial charge in [-0.1, -0.05) is 30.3 Å². The molecule has 7 heteroatoms. The highest BCUT2D eigenvalue weighted by Gasteiger charge is 2.21. The van der Waals surface area contributed by atoms with Crippen LogP contribution in [0.4, 0.5) is 4.79 Å². The molecule has 1 fully saturated rings. The maximum atomic E-state index is 11.8. The monoisotopic (exact) mass is 339 g/mol. The van der Waals surface area contributed by atoms with E-state index >= 15 is 0 Å². The average molecular weight is 339 g/mol. The van der Waals surface area contributed by atoms with E-state index in [1.165, 1.54) is 0 Å². The van der Waals surface area contributed by atoms with E-state index in [0.717, 1.165) is 38.0 Å². The number of benzene rings is 1. The van der Waals surface area contributed by atoms with Gasteiger partial charge < -0.3 is 14.8 Å². The van der Waals surface area contributed by atoms with Crippen LogP contribution in [0.25, 0.3) is 0 Å². The molecule has 1 saturated heterocycles. The lowest BCUT2D eigenvalue weighted by atomic mass is 10.1. The molecular weight excluding hydrogens is 314 g/mol. The van der Waals surface area contributed by atoms with Crippen LogP contribution in [0.15, 0.2) is 30.3 Å². The Bertz CT molecular complexity index is 453. The summed E-state index contributed by atoms with van der Waals surface area (Å²) in [6.45, 7) is 3.72. The standard InChI is InChI=1S/C16H25N3O3S/c1-21-12-9-17-23-19-10-7-15(8-11-19)18-16(20)22-13-14-5-3-2-4-6-14/h2-6,15,17H,7-13H2,1H3,(H,18,20). The van der Waals surface area contributed by atoms with Crippen molar-refractivity contribution in [1.82, 2.24) is 14.3 Å². The highest BCUT2D eigenvalue weighted by atomic mass is 32.2. The lowest BCUT2D eigenvalue weighted by Crippen LogP contribution is -2.43. The number of nitrogens with one attached hydrogen (secondary N) is 2. The van der Waals surface area contributed by atoms with Crippen molar-refractivity contribution >= 4 is 18.2 Å². The van der Waals surface area contributed by atoms with Crippen LogP contribution in [-0.4, -0.2) is 49.8 Å². The number of ether oxygens (including phenoxy) is 2. The first-order valence-electron chi connectivity index (χ1n) is 7.89. The van der Waals surface area contributed by atoms with E-state index in [0.29, 0.717) is 13.2 Å². The summed E-state index contributed by atoms with van der Waals surface area (Å²) in [5.74, 6) is 0. The number of methoxy groups -OCH3 is 1. The summed E-state index contributed by atoms with van der Waals surface area (Å²) in [6, 6.07) is 9.89. The summed E-state index contributed by atoms with van der Waals surface area (Å²) in [6.07, 6.45) is 1.52. The molecule has 2 rings (SSSR count). The van der Waals surface area contributed by atoms with Crippen molar-refractivity contribution in [2.45, 2.75) is 25.5 Å². The van der Waals surface area contributed by atoms with Gasteiger partial charge in [0, 0.05) is 44.9 Å². The molecule has 0 aliphatic carbocycles. The van der Waals surface area contributed by atoms with Gasteiger partial charge in [-0.3, -0.25) is 0 Å². The summed E-state index contributed by atoms with van der Waals surface area (Å²) >= 11 is 1.63. The number of carbonyl (C=O) groups is 1. The minimum absolute atomic E-state index is 0.189. The Kier molecular flexibility index (Phi) is 8.24. The van der Waals surface area contributed by atoms with Crippen LogP contribution in [0.5, 0.6) is 0 Å². The van der Waals surface area contributed by atoms with E-state index < -0.39 is 0 Å². The zero-order valence-electron chi connectivity index (χ0n) is 13.5. The smallest absolute Gasteiger partial charge is 0.407 e. The number of hydrogen-bond donors (Lipinski definition) is 2. The van der Waals surface area contributed by atoms with Crippen LogP contribution < -0.4 is 10.0 Å². The summed E-state index contributed by atoms with van der Waals surface area (Å²) in [5.41, 5.74) is 0.996. The molecule has 0 aromatic heterocycles. The molecule has 1 aromatic rings. The Morgan fingerprint density at radius 3 is 2.74 bits per heavy atom. The fraction of sp³-hybridized carbons (Fsp3) is 0.562. The molecule has 0 radical (unpaired) electrons. The van der Waals surface area contributed by atoms with Gasteiger partial charge in [0.2, 0.25) is 0 Å². The van der Waals surface area contributed by atoms with Crippen LogP contribution in [0.2, 0.25) is 0 Å². The number of hydrogen-bond acceptors (Lipinski definition) is 6. The summed E-state index contributed by atoms with van der Waals surface area (Å²) in [7, 11) is 1.69. The van der Waals surface area contributed by atoms with Gasteiger partial charge in [0.15, 0.2) is 0 Å². The van der Waals surface area contributed by atoms with Gasteiger partial charge in [0.25, 0.3) is 0 Å². The molecule has 23 heavy (non-hydrogen) atoms. The summed E-state index contributed by atoms with van der Waals surface area (Å²) in [5, 5.41) is 2.95. The van der Waals surface area contributed by atoms with Gasteiger partial charge in [-0.15, -0.1) is 0 Å². The van der Waals surface area contributed by atoms with Crippen molar-refractivity contribution < 1.29 is 14.3 Å². The fourth-order valence-corrected chi connectivity index (χ4v) is 3.05. The largest absolute Gasteiger partial charge is 0.445 e. The molecule has 0 saturated carbocycles. The van der Waals surface area contributed by atoms with E-state index in [2.05, 4.69) is 14.3 Å². The zero-order chi connectivity index (χ0) is 16.3. The van der Waals surface area contributed by atoms with E-state index in [4.69, 9.17) is 9.47 Å². The molecule has 0 bridgehead atoms. The molecule has 0 spiro atoms. The van der Waals surface area contributed by atoms with Crippen molar-refractivity contribution in [2.75, 3.05) is 33.4 Å². The van der Waals surface area contributed by atoms with Gasteiger partial charge in [0.05, 0.1) is 6.61 Å². The number of rotatable bonds is 8. The van der Waals surface area contributed by atoms with Gasteiger partial charge in [0.1, 0.15) is 6.61 Å². The third-order valence-corrected chi connectivity index (χ3v) is 4.55. The molecule has 1 amide bonds. The lowest BCUT2D eigenvalue weighted by molar-refractivity contribution is 0.132. The lowest BCUT2D eigenvalue weighted by Gasteiger charge is -2.30. The van der Waals surface area contributed by atoms with Crippen molar-refractivity contribution in [3.05, 3.63) is 35.9 Å². The van der Waals surface area contributed by atoms with E-state index in [9.17, 15) is 4.79 Å². The molecule has 6 nitrogen and oxygen atoms in total. The molecular formula is C16H25N3O3S. The Labute approximate surface area is 142 Å². The van der Waals surface area contributed by atoms with Crippen LogP contribution in [-0.2, 0) is 16.1 Å². The first kappa shape index (κ1) is 18.1. The van der Waals surface area contributed by atoms with Crippen LogP contribution in [0.1, 0.15) is 18.4 Å². The molecule has 0 atom stereocenters. The van der Waals surface area contributed by atoms with Crippen molar-refractivity contribution in [2.24, 2.45) is 0 Å². The fourth-order valence-electron chi connectivity index (χ4n) is 2.30. The van der Waals surface area contributed by atoms with Crippen LogP contribution in [0.3, 0.4) is 0 Å². The first-order valence-corrected chi connectivity index (χ1v) is 8.66. The molecule has 1 heterocycles. The maximum Gasteiger partial charge on any atom is 0.407 e. The summed E-state index contributed by atoms with van der Waals surface area (Å²) in [4.78, 5) is 11.8. The van der Waals surface area contributed by atoms with E-state index in [-0.39, 0.29) is 12.1 Å². The Morgan fingerprint density at radius 1 is 1.30 bits per heavy atom. The molecule has 1 aliphatic rings. The first-order chi connectivity index (χ1) is 11.3. The van der Waals surface area contributed by atoms with Crippen LogP contribution in [0, 0.1) is 0 Å². The number of alkyl carbamates (subject to hydrolysis) is 1. The van der Waals surface area contributed by atoms with Crippen molar-refractivity contribution in [1.29, 1.82) is 0 Å². The third-order valence-electron chi connectivity index (χ3n) is 3.59. The SMILES string of the molecule is COCCNSN1CCC(NC(=O)OCc2ccccc2)CC1. The topological polar surface area (TPSA) is 62.8 Å². The minimum atomic E-state index is -0.335. The Morgan fingerprint density at radius 2 is 2.04 bits per heavy atom. The number of amides is 1. The predicted molar refractivity (Wildman–Crippen MR) is 91.8 cm³/mol. The van der Waals surface area contributed by atoms with Crippen LogP contribution >= 0.6 is 12.1 Å². The maximum absolute atomic E-state index is 11.8. The predicted octanol–water partition coefficient (Wildman–Crippen LogP) is 2.18. The Hall–Kier alpha value is -1.28. The second kappa shape index (κ2) is 10.5. The van der Waals surface area contributed by atoms with E-state index in [1.54, 1.807) is 19.2 Å². The van der Waals surface area contributed by atoms with Gasteiger partial charge in [-0.25, -0.2) is 13.8 Å². The molecule has 1 aromatic carbocycles. The second-order valence-electron chi connectivity index (χ2n) is 5.39. The quantitative estimate of drug-likeness (QED) is 0.559.